The van der Waals surface area contributed by atoms with Crippen LogP contribution in [0.3, 0.4) is 0 Å². The number of ether oxygens (including phenoxy) is 2. The van der Waals surface area contributed by atoms with Crippen molar-refractivity contribution in [1.29, 1.82) is 0 Å². The molecule has 1 aliphatic heterocycles. The number of benzene rings is 3. The Morgan fingerprint density at radius 3 is 2.31 bits per heavy atom. The molecule has 1 aliphatic rings. The van der Waals surface area contributed by atoms with Gasteiger partial charge in [-0.05, 0) is 73.6 Å². The fourth-order valence-electron chi connectivity index (χ4n) is 4.88. The Bertz CT molecular complexity index is 1300. The molecule has 1 amide bonds. The standard InChI is InChI=1S/C32H36N2O5/c1-4-33(5-2)19-10-20-34-29(25-13-9-14-27(21-25)38-3)28(31(36)32(34)37)30(35)24-15-17-26(18-16-24)39-22-23-11-7-6-8-12-23/h6-9,11-18,21,29,35H,4-5,10,19-20,22H2,1-3H3/b30-28-. The summed E-state index contributed by atoms with van der Waals surface area (Å²) >= 11 is 0. The molecule has 0 radical (unpaired) electrons. The predicted molar refractivity (Wildman–Crippen MR) is 152 cm³/mol. The van der Waals surface area contributed by atoms with Crippen LogP contribution in [0.15, 0.2) is 84.4 Å². The van der Waals surface area contributed by atoms with E-state index in [9.17, 15) is 14.7 Å². The van der Waals surface area contributed by atoms with Crippen molar-refractivity contribution in [3.63, 3.8) is 0 Å². The van der Waals surface area contributed by atoms with E-state index in [0.29, 0.717) is 42.2 Å². The summed E-state index contributed by atoms with van der Waals surface area (Å²) < 4.78 is 11.3. The van der Waals surface area contributed by atoms with Crippen LogP contribution in [0, 0.1) is 0 Å². The minimum absolute atomic E-state index is 0.0778. The van der Waals surface area contributed by atoms with Gasteiger partial charge >= 0.3 is 0 Å². The van der Waals surface area contributed by atoms with Gasteiger partial charge in [0.15, 0.2) is 0 Å². The van der Waals surface area contributed by atoms with Crippen molar-refractivity contribution in [2.24, 2.45) is 0 Å². The number of amides is 1. The van der Waals surface area contributed by atoms with Crippen molar-refractivity contribution in [1.82, 2.24) is 9.80 Å². The first-order chi connectivity index (χ1) is 19.0. The Labute approximate surface area is 230 Å². The van der Waals surface area contributed by atoms with Gasteiger partial charge < -0.3 is 24.4 Å². The van der Waals surface area contributed by atoms with E-state index in [2.05, 4.69) is 18.7 Å². The molecule has 204 valence electrons. The van der Waals surface area contributed by atoms with Crippen molar-refractivity contribution in [2.45, 2.75) is 32.9 Å². The van der Waals surface area contributed by atoms with Crippen molar-refractivity contribution in [2.75, 3.05) is 33.3 Å². The SMILES string of the molecule is CCN(CC)CCCN1C(=O)C(=O)/C(=C(\O)c2ccc(OCc3ccccc3)cc2)C1c1cccc(OC)c1. The van der Waals surface area contributed by atoms with E-state index in [1.54, 1.807) is 36.3 Å². The van der Waals surface area contributed by atoms with Gasteiger partial charge in [0.1, 0.15) is 23.9 Å². The zero-order valence-electron chi connectivity index (χ0n) is 22.8. The minimum atomic E-state index is -0.717. The lowest BCUT2D eigenvalue weighted by molar-refractivity contribution is -0.140. The van der Waals surface area contributed by atoms with Crippen LogP contribution in [0.4, 0.5) is 0 Å². The van der Waals surface area contributed by atoms with Gasteiger partial charge in [-0.3, -0.25) is 9.59 Å². The largest absolute Gasteiger partial charge is 0.507 e. The highest BCUT2D eigenvalue weighted by Gasteiger charge is 2.45. The number of hydrogen-bond acceptors (Lipinski definition) is 6. The summed E-state index contributed by atoms with van der Waals surface area (Å²) in [6, 6.07) is 23.3. The third-order valence-electron chi connectivity index (χ3n) is 7.09. The molecule has 0 saturated carbocycles. The van der Waals surface area contributed by atoms with E-state index in [-0.39, 0.29) is 11.3 Å². The number of carbonyl (C=O) groups is 2. The van der Waals surface area contributed by atoms with Crippen LogP contribution in [-0.2, 0) is 16.2 Å². The van der Waals surface area contributed by atoms with Gasteiger partial charge in [0.25, 0.3) is 11.7 Å². The summed E-state index contributed by atoms with van der Waals surface area (Å²) in [7, 11) is 1.57. The fraction of sp³-hybridized carbons (Fsp3) is 0.312. The Balaban J connectivity index is 1.63. The van der Waals surface area contributed by atoms with Gasteiger partial charge in [-0.15, -0.1) is 0 Å². The van der Waals surface area contributed by atoms with E-state index < -0.39 is 17.7 Å². The topological polar surface area (TPSA) is 79.3 Å². The monoisotopic (exact) mass is 528 g/mol. The first kappa shape index (κ1) is 27.9. The molecule has 0 bridgehead atoms. The van der Waals surface area contributed by atoms with Gasteiger partial charge in [0, 0.05) is 12.1 Å². The van der Waals surface area contributed by atoms with Crippen molar-refractivity contribution < 1.29 is 24.2 Å². The second-order valence-electron chi connectivity index (χ2n) is 9.45. The van der Waals surface area contributed by atoms with Crippen molar-refractivity contribution >= 4 is 17.4 Å². The number of methoxy groups -OCH3 is 1. The van der Waals surface area contributed by atoms with E-state index in [4.69, 9.17) is 9.47 Å². The van der Waals surface area contributed by atoms with Crippen LogP contribution in [0.5, 0.6) is 11.5 Å². The molecular formula is C32H36N2O5. The van der Waals surface area contributed by atoms with Gasteiger partial charge in [0.2, 0.25) is 0 Å². The minimum Gasteiger partial charge on any atom is -0.507 e. The number of nitrogens with zero attached hydrogens (tertiary/aromatic N) is 2. The van der Waals surface area contributed by atoms with E-state index in [0.717, 1.165) is 25.2 Å². The molecule has 1 unspecified atom stereocenters. The highest BCUT2D eigenvalue weighted by molar-refractivity contribution is 6.46. The Morgan fingerprint density at radius 1 is 0.923 bits per heavy atom. The van der Waals surface area contributed by atoms with E-state index in [1.165, 1.54) is 0 Å². The van der Waals surface area contributed by atoms with Crippen LogP contribution in [0.1, 0.15) is 43.0 Å². The molecule has 0 aliphatic carbocycles. The van der Waals surface area contributed by atoms with Crippen LogP contribution in [-0.4, -0.2) is 59.9 Å². The normalized spacial score (nSPS) is 16.6. The molecule has 1 N–H and O–H groups in total. The molecule has 1 saturated heterocycles. The maximum atomic E-state index is 13.3. The number of Topliss-reactive ketones (excluding diaryl/α,β-unsaturated/α-hetero) is 1. The fourth-order valence-corrected chi connectivity index (χ4v) is 4.88. The van der Waals surface area contributed by atoms with Crippen LogP contribution in [0.2, 0.25) is 0 Å². The number of likely N-dealkylation sites (tertiary alicyclic amines) is 1. The second kappa shape index (κ2) is 13.1. The van der Waals surface area contributed by atoms with Crippen molar-refractivity contribution in [3.8, 4) is 11.5 Å². The quantitative estimate of drug-likeness (QED) is 0.192. The number of carbonyl (C=O) groups excluding carboxylic acids is 2. The average Bonchev–Trinajstić information content (AvgIpc) is 3.23. The predicted octanol–water partition coefficient (Wildman–Crippen LogP) is 5.43. The number of rotatable bonds is 12. The molecule has 1 atom stereocenters. The van der Waals surface area contributed by atoms with Crippen LogP contribution >= 0.6 is 0 Å². The summed E-state index contributed by atoms with van der Waals surface area (Å²) in [4.78, 5) is 30.4. The van der Waals surface area contributed by atoms with Gasteiger partial charge in [-0.25, -0.2) is 0 Å². The molecular weight excluding hydrogens is 492 g/mol. The van der Waals surface area contributed by atoms with E-state index in [1.807, 2.05) is 54.6 Å². The molecule has 1 heterocycles. The number of hydrogen-bond donors (Lipinski definition) is 1. The number of aliphatic hydroxyl groups excluding tert-OH is 1. The third-order valence-corrected chi connectivity index (χ3v) is 7.09. The lowest BCUT2D eigenvalue weighted by Crippen LogP contribution is -2.33. The number of aliphatic hydroxyl groups is 1. The zero-order chi connectivity index (χ0) is 27.8. The molecule has 3 aromatic rings. The van der Waals surface area contributed by atoms with Crippen LogP contribution < -0.4 is 9.47 Å². The molecule has 39 heavy (non-hydrogen) atoms. The third kappa shape index (κ3) is 6.49. The summed E-state index contributed by atoms with van der Waals surface area (Å²) in [5.41, 5.74) is 2.27. The molecule has 7 heteroatoms. The molecule has 0 spiro atoms. The van der Waals surface area contributed by atoms with Gasteiger partial charge in [-0.2, -0.15) is 0 Å². The highest BCUT2D eigenvalue weighted by Crippen LogP contribution is 2.40. The molecule has 7 nitrogen and oxygen atoms in total. The highest BCUT2D eigenvalue weighted by atomic mass is 16.5. The number of ketones is 1. The Hall–Kier alpha value is -4.10. The summed E-state index contributed by atoms with van der Waals surface area (Å²) in [5.74, 6) is -0.251. The molecule has 1 fully saturated rings. The van der Waals surface area contributed by atoms with E-state index >= 15 is 0 Å². The molecule has 0 aromatic heterocycles. The average molecular weight is 529 g/mol. The lowest BCUT2D eigenvalue weighted by atomic mass is 9.95. The van der Waals surface area contributed by atoms with Gasteiger partial charge in [-0.1, -0.05) is 56.3 Å². The van der Waals surface area contributed by atoms with Gasteiger partial charge in [0.05, 0.1) is 18.7 Å². The maximum absolute atomic E-state index is 13.3. The van der Waals surface area contributed by atoms with Crippen molar-refractivity contribution in [3.05, 3.63) is 101 Å². The zero-order valence-corrected chi connectivity index (χ0v) is 22.8. The second-order valence-corrected chi connectivity index (χ2v) is 9.45. The van der Waals surface area contributed by atoms with Crippen LogP contribution in [0.25, 0.3) is 5.76 Å². The summed E-state index contributed by atoms with van der Waals surface area (Å²) in [6.45, 7) is 7.66. The first-order valence-corrected chi connectivity index (χ1v) is 13.4. The smallest absolute Gasteiger partial charge is 0.295 e. The lowest BCUT2D eigenvalue weighted by Gasteiger charge is -2.27. The molecule has 4 rings (SSSR count). The maximum Gasteiger partial charge on any atom is 0.295 e. The Kier molecular flexibility index (Phi) is 9.39. The molecule has 3 aromatic carbocycles. The first-order valence-electron chi connectivity index (χ1n) is 13.4. The summed E-state index contributed by atoms with van der Waals surface area (Å²) in [6.07, 6.45) is 0.711. The summed E-state index contributed by atoms with van der Waals surface area (Å²) in [5, 5.41) is 11.4. The Morgan fingerprint density at radius 2 is 1.64 bits per heavy atom.